The standard InChI is InChI=1S/C19H24N4O4S/c1-13-12-18(21-22(13)3)20-19(25)17-6-4-5-11-23(17)28(26,27)16-9-7-15(8-10-16)14(2)24/h7-10,12,17H,4-6,11H2,1-3H3,(H,20,21,25). The number of sulfonamides is 1. The number of piperidine rings is 1. The Morgan fingerprint density at radius 3 is 2.43 bits per heavy atom. The first-order chi connectivity index (χ1) is 13.2. The van der Waals surface area contributed by atoms with Gasteiger partial charge in [-0.1, -0.05) is 18.6 Å². The molecule has 1 amide bonds. The molecule has 1 unspecified atom stereocenters. The molecule has 0 spiro atoms. The first kappa shape index (κ1) is 20.2. The highest BCUT2D eigenvalue weighted by molar-refractivity contribution is 7.89. The first-order valence-corrected chi connectivity index (χ1v) is 10.6. The Bertz CT molecular complexity index is 976. The number of amides is 1. The normalized spacial score (nSPS) is 18.0. The minimum absolute atomic E-state index is 0.0749. The van der Waals surface area contributed by atoms with Crippen molar-refractivity contribution < 1.29 is 18.0 Å². The van der Waals surface area contributed by atoms with Crippen LogP contribution in [0.1, 0.15) is 42.2 Å². The summed E-state index contributed by atoms with van der Waals surface area (Å²) in [6.45, 7) is 3.56. The lowest BCUT2D eigenvalue weighted by Crippen LogP contribution is -2.49. The molecule has 1 aromatic carbocycles. The molecule has 8 nitrogen and oxygen atoms in total. The van der Waals surface area contributed by atoms with Gasteiger partial charge in [-0.05, 0) is 38.8 Å². The monoisotopic (exact) mass is 404 g/mol. The highest BCUT2D eigenvalue weighted by Crippen LogP contribution is 2.26. The number of ketones is 1. The van der Waals surface area contributed by atoms with Gasteiger partial charge in [0.1, 0.15) is 6.04 Å². The van der Waals surface area contributed by atoms with Crippen LogP contribution in [0, 0.1) is 6.92 Å². The summed E-state index contributed by atoms with van der Waals surface area (Å²) in [5.41, 5.74) is 1.33. The van der Waals surface area contributed by atoms with Crippen LogP contribution in [0.15, 0.2) is 35.2 Å². The molecule has 1 saturated heterocycles. The number of nitrogens with one attached hydrogen (secondary N) is 1. The lowest BCUT2D eigenvalue weighted by atomic mass is 10.0. The van der Waals surface area contributed by atoms with Crippen LogP contribution in [-0.4, -0.2) is 46.8 Å². The summed E-state index contributed by atoms with van der Waals surface area (Å²) in [6.07, 6.45) is 1.91. The second kappa shape index (κ2) is 7.84. The summed E-state index contributed by atoms with van der Waals surface area (Å²) in [5.74, 6) is -0.120. The third-order valence-electron chi connectivity index (χ3n) is 4.99. The molecule has 1 fully saturated rings. The van der Waals surface area contributed by atoms with Gasteiger partial charge in [0.15, 0.2) is 11.6 Å². The smallest absolute Gasteiger partial charge is 0.244 e. The van der Waals surface area contributed by atoms with Gasteiger partial charge in [-0.25, -0.2) is 8.42 Å². The number of hydrogen-bond donors (Lipinski definition) is 1. The van der Waals surface area contributed by atoms with Crippen molar-refractivity contribution >= 4 is 27.5 Å². The number of Topliss-reactive ketones (excluding diaryl/α,β-unsaturated/α-hetero) is 1. The van der Waals surface area contributed by atoms with Crippen molar-refractivity contribution in [3.8, 4) is 0 Å². The van der Waals surface area contributed by atoms with E-state index in [1.165, 1.54) is 35.5 Å². The van der Waals surface area contributed by atoms with Crippen LogP contribution in [0.4, 0.5) is 5.82 Å². The molecule has 1 atom stereocenters. The lowest BCUT2D eigenvalue weighted by Gasteiger charge is -2.33. The molecular formula is C19H24N4O4S. The van der Waals surface area contributed by atoms with Crippen LogP contribution >= 0.6 is 0 Å². The third kappa shape index (κ3) is 4.00. The van der Waals surface area contributed by atoms with Gasteiger partial charge < -0.3 is 5.32 Å². The highest BCUT2D eigenvalue weighted by Gasteiger charge is 2.37. The predicted octanol–water partition coefficient (Wildman–Crippen LogP) is 2.11. The van der Waals surface area contributed by atoms with Gasteiger partial charge in [0.25, 0.3) is 0 Å². The van der Waals surface area contributed by atoms with Crippen LogP contribution in [0.2, 0.25) is 0 Å². The number of aryl methyl sites for hydroxylation is 2. The molecule has 1 aliphatic rings. The number of benzene rings is 1. The fraction of sp³-hybridized carbons (Fsp3) is 0.421. The summed E-state index contributed by atoms with van der Waals surface area (Å²) in [6, 6.07) is 6.75. The van der Waals surface area contributed by atoms with E-state index in [0.717, 1.165) is 12.1 Å². The summed E-state index contributed by atoms with van der Waals surface area (Å²) < 4.78 is 29.2. The number of rotatable bonds is 5. The average molecular weight is 404 g/mol. The second-order valence-electron chi connectivity index (χ2n) is 6.99. The fourth-order valence-corrected chi connectivity index (χ4v) is 4.94. The van der Waals surface area contributed by atoms with E-state index >= 15 is 0 Å². The zero-order valence-electron chi connectivity index (χ0n) is 16.2. The van der Waals surface area contributed by atoms with Gasteiger partial charge in [0.2, 0.25) is 15.9 Å². The van der Waals surface area contributed by atoms with E-state index in [1.54, 1.807) is 17.8 Å². The van der Waals surface area contributed by atoms with E-state index < -0.39 is 16.1 Å². The van der Waals surface area contributed by atoms with Gasteiger partial charge in [-0.3, -0.25) is 14.3 Å². The van der Waals surface area contributed by atoms with Crippen molar-refractivity contribution in [2.75, 3.05) is 11.9 Å². The molecule has 3 rings (SSSR count). The van der Waals surface area contributed by atoms with Gasteiger partial charge >= 0.3 is 0 Å². The Labute approximate surface area is 164 Å². The van der Waals surface area contributed by atoms with Crippen molar-refractivity contribution in [2.24, 2.45) is 7.05 Å². The molecule has 2 heterocycles. The SMILES string of the molecule is CC(=O)c1ccc(S(=O)(=O)N2CCCCC2C(=O)Nc2cc(C)n(C)n2)cc1. The summed E-state index contributed by atoms with van der Waals surface area (Å²) in [5, 5.41) is 6.93. The Hall–Kier alpha value is -2.52. The lowest BCUT2D eigenvalue weighted by molar-refractivity contribution is -0.120. The zero-order chi connectivity index (χ0) is 20.5. The molecule has 9 heteroatoms. The van der Waals surface area contributed by atoms with Crippen LogP contribution in [0.25, 0.3) is 0 Å². The molecule has 1 N–H and O–H groups in total. The molecule has 2 aromatic rings. The Morgan fingerprint density at radius 1 is 1.18 bits per heavy atom. The van der Waals surface area contributed by atoms with E-state index in [1.807, 2.05) is 6.92 Å². The summed E-state index contributed by atoms with van der Waals surface area (Å²) in [7, 11) is -2.09. The van der Waals surface area contributed by atoms with E-state index in [-0.39, 0.29) is 23.1 Å². The number of hydrogen-bond acceptors (Lipinski definition) is 5. The Kier molecular flexibility index (Phi) is 5.66. The molecular weight excluding hydrogens is 380 g/mol. The van der Waals surface area contributed by atoms with Crippen molar-refractivity contribution in [3.05, 3.63) is 41.6 Å². The largest absolute Gasteiger partial charge is 0.308 e. The van der Waals surface area contributed by atoms with Crippen molar-refractivity contribution in [1.29, 1.82) is 0 Å². The molecule has 1 aliphatic heterocycles. The van der Waals surface area contributed by atoms with E-state index in [9.17, 15) is 18.0 Å². The topological polar surface area (TPSA) is 101 Å². The van der Waals surface area contributed by atoms with Crippen LogP contribution < -0.4 is 5.32 Å². The van der Waals surface area contributed by atoms with Gasteiger partial charge in [-0.15, -0.1) is 0 Å². The molecule has 0 bridgehead atoms. The van der Waals surface area contributed by atoms with E-state index in [0.29, 0.717) is 24.2 Å². The van der Waals surface area contributed by atoms with Crippen molar-refractivity contribution in [1.82, 2.24) is 14.1 Å². The van der Waals surface area contributed by atoms with E-state index in [2.05, 4.69) is 10.4 Å². The second-order valence-corrected chi connectivity index (χ2v) is 8.88. The van der Waals surface area contributed by atoms with Crippen LogP contribution in [0.3, 0.4) is 0 Å². The predicted molar refractivity (Wildman–Crippen MR) is 105 cm³/mol. The molecule has 0 saturated carbocycles. The summed E-state index contributed by atoms with van der Waals surface area (Å²) >= 11 is 0. The number of anilines is 1. The number of carbonyl (C=O) groups excluding carboxylic acids is 2. The molecule has 28 heavy (non-hydrogen) atoms. The quantitative estimate of drug-likeness (QED) is 0.769. The molecule has 0 radical (unpaired) electrons. The highest BCUT2D eigenvalue weighted by atomic mass is 32.2. The minimum atomic E-state index is -3.86. The average Bonchev–Trinajstić information content (AvgIpc) is 2.98. The first-order valence-electron chi connectivity index (χ1n) is 9.14. The number of nitrogens with zero attached hydrogens (tertiary/aromatic N) is 3. The maximum Gasteiger partial charge on any atom is 0.244 e. The molecule has 150 valence electrons. The Balaban J connectivity index is 1.85. The van der Waals surface area contributed by atoms with Gasteiger partial charge in [-0.2, -0.15) is 9.40 Å². The maximum absolute atomic E-state index is 13.1. The molecule has 1 aromatic heterocycles. The number of aromatic nitrogens is 2. The van der Waals surface area contributed by atoms with Crippen molar-refractivity contribution in [2.45, 2.75) is 44.0 Å². The summed E-state index contributed by atoms with van der Waals surface area (Å²) in [4.78, 5) is 24.3. The van der Waals surface area contributed by atoms with Crippen LogP contribution in [0.5, 0.6) is 0 Å². The maximum atomic E-state index is 13.1. The van der Waals surface area contributed by atoms with E-state index in [4.69, 9.17) is 0 Å². The van der Waals surface area contributed by atoms with Crippen LogP contribution in [-0.2, 0) is 21.9 Å². The zero-order valence-corrected chi connectivity index (χ0v) is 17.0. The minimum Gasteiger partial charge on any atom is -0.308 e. The van der Waals surface area contributed by atoms with Crippen molar-refractivity contribution in [3.63, 3.8) is 0 Å². The van der Waals surface area contributed by atoms with Gasteiger partial charge in [0.05, 0.1) is 4.90 Å². The third-order valence-corrected chi connectivity index (χ3v) is 6.91. The number of carbonyl (C=O) groups is 2. The van der Waals surface area contributed by atoms with Gasteiger partial charge in [0, 0.05) is 30.9 Å². The molecule has 0 aliphatic carbocycles. The Morgan fingerprint density at radius 2 is 1.86 bits per heavy atom. The fourth-order valence-electron chi connectivity index (χ4n) is 3.28.